The molecule has 140 valence electrons. The Bertz CT molecular complexity index is 1020. The molecule has 13 heteroatoms. The minimum absolute atomic E-state index is 0.0566. The van der Waals surface area contributed by atoms with Gasteiger partial charge in [0.15, 0.2) is 5.65 Å². The van der Waals surface area contributed by atoms with E-state index in [0.717, 1.165) is 28.7 Å². The van der Waals surface area contributed by atoms with Gasteiger partial charge in [-0.3, -0.25) is 14.9 Å². The summed E-state index contributed by atoms with van der Waals surface area (Å²) in [6.07, 6.45) is -3.71. The number of thioether (sulfide) groups is 1. The van der Waals surface area contributed by atoms with Gasteiger partial charge in [0.1, 0.15) is 12.0 Å². The van der Waals surface area contributed by atoms with Gasteiger partial charge in [0, 0.05) is 23.9 Å². The first-order valence-corrected chi connectivity index (χ1v) is 8.17. The summed E-state index contributed by atoms with van der Waals surface area (Å²) in [5.41, 5.74) is -1.08. The van der Waals surface area contributed by atoms with Gasteiger partial charge in [0.25, 0.3) is 5.69 Å². The maximum atomic E-state index is 12.6. The minimum Gasteiger partial charge on any atom is -0.325 e. The number of alkyl halides is 3. The first-order chi connectivity index (χ1) is 12.7. The number of nitro benzene ring substituents is 1. The zero-order chi connectivity index (χ0) is 19.6. The molecule has 3 aromatic rings. The number of nitrogens with one attached hydrogen (secondary N) is 1. The van der Waals surface area contributed by atoms with Crippen molar-refractivity contribution in [2.24, 2.45) is 0 Å². The van der Waals surface area contributed by atoms with Crippen molar-refractivity contribution >= 4 is 34.7 Å². The van der Waals surface area contributed by atoms with E-state index in [2.05, 4.69) is 20.4 Å². The van der Waals surface area contributed by atoms with Crippen LogP contribution < -0.4 is 5.32 Å². The van der Waals surface area contributed by atoms with E-state index in [4.69, 9.17) is 0 Å². The van der Waals surface area contributed by atoms with Gasteiger partial charge in [-0.2, -0.15) is 13.2 Å². The maximum Gasteiger partial charge on any atom is 0.433 e. The number of hydrogen-bond donors (Lipinski definition) is 1. The average Bonchev–Trinajstić information content (AvgIpc) is 3.01. The summed E-state index contributed by atoms with van der Waals surface area (Å²) >= 11 is 0.899. The Hall–Kier alpha value is -3.22. The molecule has 9 nitrogen and oxygen atoms in total. The standard InChI is InChI=1S/C14H9F3N6O3S/c15-14(16,17)10-5-11-20-13(21-22(11)7-18-10)27-6-12(24)19-8-2-1-3-9(4-8)23(25)26/h1-5,7H,6H2,(H,19,24). The summed E-state index contributed by atoms with van der Waals surface area (Å²) in [7, 11) is 0. The average molecular weight is 398 g/mol. The lowest BCUT2D eigenvalue weighted by atomic mass is 10.3. The highest BCUT2D eigenvalue weighted by Gasteiger charge is 2.33. The molecule has 0 radical (unpaired) electrons. The highest BCUT2D eigenvalue weighted by atomic mass is 32.2. The fourth-order valence-electron chi connectivity index (χ4n) is 2.02. The van der Waals surface area contributed by atoms with Crippen LogP contribution in [0.2, 0.25) is 0 Å². The largest absolute Gasteiger partial charge is 0.433 e. The van der Waals surface area contributed by atoms with Gasteiger partial charge in [0.05, 0.1) is 10.7 Å². The molecule has 1 N–H and O–H groups in total. The summed E-state index contributed by atoms with van der Waals surface area (Å²) < 4.78 is 39.0. The molecule has 0 aliphatic heterocycles. The van der Waals surface area contributed by atoms with Crippen molar-refractivity contribution in [1.29, 1.82) is 0 Å². The van der Waals surface area contributed by atoms with Gasteiger partial charge in [-0.15, -0.1) is 5.10 Å². The molecule has 0 spiro atoms. The van der Waals surface area contributed by atoms with Crippen LogP contribution in [-0.4, -0.2) is 36.2 Å². The van der Waals surface area contributed by atoms with Crippen molar-refractivity contribution in [3.05, 3.63) is 52.5 Å². The Morgan fingerprint density at radius 2 is 2.11 bits per heavy atom. The number of anilines is 1. The Kier molecular flexibility index (Phi) is 4.94. The second-order valence-corrected chi connectivity index (χ2v) is 6.06. The molecule has 2 aromatic heterocycles. The third-order valence-corrected chi connectivity index (χ3v) is 4.01. The Balaban J connectivity index is 1.65. The van der Waals surface area contributed by atoms with Crippen molar-refractivity contribution in [1.82, 2.24) is 19.6 Å². The van der Waals surface area contributed by atoms with Crippen molar-refractivity contribution in [2.45, 2.75) is 11.3 Å². The highest BCUT2D eigenvalue weighted by Crippen LogP contribution is 2.28. The van der Waals surface area contributed by atoms with E-state index in [1.54, 1.807) is 0 Å². The minimum atomic E-state index is -4.60. The molecule has 3 rings (SSSR count). The summed E-state index contributed by atoms with van der Waals surface area (Å²) in [4.78, 5) is 29.2. The van der Waals surface area contributed by atoms with Gasteiger partial charge in [-0.05, 0) is 6.07 Å². The third kappa shape index (κ3) is 4.49. The van der Waals surface area contributed by atoms with E-state index in [0.29, 0.717) is 0 Å². The monoisotopic (exact) mass is 398 g/mol. The second kappa shape index (κ2) is 7.19. The van der Waals surface area contributed by atoms with E-state index in [1.807, 2.05) is 0 Å². The highest BCUT2D eigenvalue weighted by molar-refractivity contribution is 7.99. The van der Waals surface area contributed by atoms with Gasteiger partial charge < -0.3 is 5.32 Å². The smallest absolute Gasteiger partial charge is 0.325 e. The number of hydrogen-bond acceptors (Lipinski definition) is 7. The number of non-ortho nitro benzene ring substituents is 1. The molecule has 0 saturated carbocycles. The molecular formula is C14H9F3N6O3S. The summed E-state index contributed by atoms with van der Waals surface area (Å²) in [5.74, 6) is -0.618. The number of halogens is 3. The van der Waals surface area contributed by atoms with Crippen LogP contribution in [0.3, 0.4) is 0 Å². The Labute approximate surface area is 152 Å². The van der Waals surface area contributed by atoms with E-state index in [1.165, 1.54) is 24.3 Å². The topological polar surface area (TPSA) is 115 Å². The first kappa shape index (κ1) is 18.6. The fourth-order valence-corrected chi connectivity index (χ4v) is 2.65. The number of aromatic nitrogens is 4. The molecular weight excluding hydrogens is 389 g/mol. The Morgan fingerprint density at radius 3 is 2.81 bits per heavy atom. The van der Waals surface area contributed by atoms with Crippen molar-refractivity contribution in [3.63, 3.8) is 0 Å². The molecule has 0 aliphatic carbocycles. The normalized spacial score (nSPS) is 11.5. The first-order valence-electron chi connectivity index (χ1n) is 7.19. The van der Waals surface area contributed by atoms with E-state index in [-0.39, 0.29) is 27.9 Å². The van der Waals surface area contributed by atoms with E-state index in [9.17, 15) is 28.1 Å². The summed E-state index contributed by atoms with van der Waals surface area (Å²) in [6, 6.07) is 6.16. The van der Waals surface area contributed by atoms with E-state index < -0.39 is 22.7 Å². The lowest BCUT2D eigenvalue weighted by Gasteiger charge is -2.03. The predicted octanol–water partition coefficient (Wildman–Crippen LogP) is 2.78. The third-order valence-electron chi connectivity index (χ3n) is 3.17. The molecule has 0 aliphatic rings. The molecule has 27 heavy (non-hydrogen) atoms. The molecule has 0 unspecified atom stereocenters. The van der Waals surface area contributed by atoms with Crippen LogP contribution in [0.15, 0.2) is 41.8 Å². The van der Waals surface area contributed by atoms with Crippen LogP contribution >= 0.6 is 11.8 Å². The zero-order valence-electron chi connectivity index (χ0n) is 13.2. The predicted molar refractivity (Wildman–Crippen MR) is 88.2 cm³/mol. The van der Waals surface area contributed by atoms with Crippen molar-refractivity contribution in [3.8, 4) is 0 Å². The van der Waals surface area contributed by atoms with Crippen molar-refractivity contribution in [2.75, 3.05) is 11.1 Å². The molecule has 1 amide bonds. The van der Waals surface area contributed by atoms with Gasteiger partial charge in [0.2, 0.25) is 11.1 Å². The number of rotatable bonds is 5. The van der Waals surface area contributed by atoms with Gasteiger partial charge in [-0.25, -0.2) is 14.5 Å². The number of carbonyl (C=O) groups is 1. The number of nitrogens with zero attached hydrogens (tertiary/aromatic N) is 5. The van der Waals surface area contributed by atoms with Crippen LogP contribution in [0.25, 0.3) is 5.65 Å². The number of carbonyl (C=O) groups excluding carboxylic acids is 1. The summed E-state index contributed by atoms with van der Waals surface area (Å²) in [5, 5.41) is 17.2. The van der Waals surface area contributed by atoms with Crippen LogP contribution in [0, 0.1) is 10.1 Å². The van der Waals surface area contributed by atoms with Crippen LogP contribution in [0.1, 0.15) is 5.69 Å². The number of nitro groups is 1. The maximum absolute atomic E-state index is 12.6. The molecule has 0 atom stereocenters. The number of fused-ring (bicyclic) bond motifs is 1. The van der Waals surface area contributed by atoms with Gasteiger partial charge in [-0.1, -0.05) is 17.8 Å². The lowest BCUT2D eigenvalue weighted by molar-refractivity contribution is -0.384. The van der Waals surface area contributed by atoms with Crippen LogP contribution in [0.5, 0.6) is 0 Å². The second-order valence-electron chi connectivity index (χ2n) is 5.11. The van der Waals surface area contributed by atoms with Crippen molar-refractivity contribution < 1.29 is 22.9 Å². The molecule has 0 fully saturated rings. The summed E-state index contributed by atoms with van der Waals surface area (Å²) in [6.45, 7) is 0. The fraction of sp³-hybridized carbons (Fsp3) is 0.143. The molecule has 0 bridgehead atoms. The number of amides is 1. The lowest BCUT2D eigenvalue weighted by Crippen LogP contribution is -2.14. The van der Waals surface area contributed by atoms with Crippen LogP contribution in [-0.2, 0) is 11.0 Å². The molecule has 2 heterocycles. The zero-order valence-corrected chi connectivity index (χ0v) is 14.0. The number of benzene rings is 1. The quantitative estimate of drug-likeness (QED) is 0.399. The SMILES string of the molecule is O=C(CSc1nc2cc(C(F)(F)F)ncn2n1)Nc1cccc([N+](=O)[O-])c1. The molecule has 1 aromatic carbocycles. The van der Waals surface area contributed by atoms with Gasteiger partial charge >= 0.3 is 6.18 Å². The van der Waals surface area contributed by atoms with E-state index >= 15 is 0 Å². The Morgan fingerprint density at radius 1 is 1.33 bits per heavy atom. The molecule has 0 saturated heterocycles. The van der Waals surface area contributed by atoms with Crippen LogP contribution in [0.4, 0.5) is 24.5 Å².